The van der Waals surface area contributed by atoms with Crippen LogP contribution in [0, 0.1) is 0 Å². The first-order valence-corrected chi connectivity index (χ1v) is 7.11. The normalized spacial score (nSPS) is 12.7. The molecule has 2 aromatic rings. The number of nitrogens with one attached hydrogen (secondary N) is 1. The SMILES string of the molecule is CCCn1ccc(CNc2cc3c(cc2Cl)OCO3)c1. The third-order valence-corrected chi connectivity index (χ3v) is 3.55. The van der Waals surface area contributed by atoms with Crippen LogP contribution in [0.3, 0.4) is 0 Å². The Morgan fingerprint density at radius 2 is 2.10 bits per heavy atom. The molecule has 0 aliphatic carbocycles. The lowest BCUT2D eigenvalue weighted by atomic mass is 10.2. The van der Waals surface area contributed by atoms with Gasteiger partial charge < -0.3 is 19.4 Å². The van der Waals surface area contributed by atoms with E-state index in [0.29, 0.717) is 10.8 Å². The fraction of sp³-hybridized carbons (Fsp3) is 0.333. The second kappa shape index (κ2) is 5.67. The molecule has 0 saturated heterocycles. The second-order valence-electron chi connectivity index (χ2n) is 4.80. The van der Waals surface area contributed by atoms with Crippen LogP contribution in [0.15, 0.2) is 30.6 Å². The number of anilines is 1. The highest BCUT2D eigenvalue weighted by molar-refractivity contribution is 6.33. The monoisotopic (exact) mass is 292 g/mol. The largest absolute Gasteiger partial charge is 0.454 e. The summed E-state index contributed by atoms with van der Waals surface area (Å²) in [6, 6.07) is 5.78. The van der Waals surface area contributed by atoms with Gasteiger partial charge in [0.15, 0.2) is 11.5 Å². The topological polar surface area (TPSA) is 35.4 Å². The number of fused-ring (bicyclic) bond motifs is 1. The summed E-state index contributed by atoms with van der Waals surface area (Å²) in [5.41, 5.74) is 2.09. The standard InChI is InChI=1S/C15H17ClN2O2/c1-2-4-18-5-3-11(9-18)8-17-13-7-15-14(6-12(13)16)19-10-20-15/h3,5-7,9,17H,2,4,8,10H2,1H3. The Labute approximate surface area is 123 Å². The van der Waals surface area contributed by atoms with E-state index >= 15 is 0 Å². The maximum atomic E-state index is 6.23. The van der Waals surface area contributed by atoms with Crippen LogP contribution in [-0.2, 0) is 13.1 Å². The van der Waals surface area contributed by atoms with Crippen LogP contribution < -0.4 is 14.8 Å². The van der Waals surface area contributed by atoms with Crippen LogP contribution >= 0.6 is 11.6 Å². The molecule has 1 aliphatic heterocycles. The molecule has 2 heterocycles. The quantitative estimate of drug-likeness (QED) is 0.908. The van der Waals surface area contributed by atoms with Gasteiger partial charge in [0.1, 0.15) is 0 Å². The predicted octanol–water partition coefficient (Wildman–Crippen LogP) is 3.89. The number of aromatic nitrogens is 1. The minimum Gasteiger partial charge on any atom is -0.454 e. The molecule has 1 aromatic carbocycles. The number of ether oxygens (including phenoxy) is 2. The highest BCUT2D eigenvalue weighted by Crippen LogP contribution is 2.39. The van der Waals surface area contributed by atoms with E-state index in [2.05, 4.69) is 35.3 Å². The van der Waals surface area contributed by atoms with Crippen LogP contribution in [0.5, 0.6) is 11.5 Å². The molecule has 0 fully saturated rings. The molecule has 0 atom stereocenters. The maximum Gasteiger partial charge on any atom is 0.231 e. The predicted molar refractivity (Wildman–Crippen MR) is 79.6 cm³/mol. The zero-order valence-corrected chi connectivity index (χ0v) is 12.1. The number of rotatable bonds is 5. The van der Waals surface area contributed by atoms with Crippen molar-refractivity contribution < 1.29 is 9.47 Å². The van der Waals surface area contributed by atoms with Gasteiger partial charge in [0.05, 0.1) is 10.7 Å². The van der Waals surface area contributed by atoms with Gasteiger partial charge in [0, 0.05) is 37.6 Å². The number of aryl methyl sites for hydroxylation is 1. The zero-order valence-electron chi connectivity index (χ0n) is 11.4. The van der Waals surface area contributed by atoms with Crippen molar-refractivity contribution >= 4 is 17.3 Å². The van der Waals surface area contributed by atoms with Crippen molar-refractivity contribution in [1.29, 1.82) is 0 Å². The van der Waals surface area contributed by atoms with Gasteiger partial charge in [0.2, 0.25) is 6.79 Å². The van der Waals surface area contributed by atoms with E-state index in [1.165, 1.54) is 5.56 Å². The van der Waals surface area contributed by atoms with Gasteiger partial charge in [-0.05, 0) is 18.1 Å². The Balaban J connectivity index is 1.68. The van der Waals surface area contributed by atoms with Crippen molar-refractivity contribution in [3.05, 3.63) is 41.2 Å². The first-order chi connectivity index (χ1) is 9.76. The molecule has 4 nitrogen and oxygen atoms in total. The molecule has 5 heteroatoms. The highest BCUT2D eigenvalue weighted by atomic mass is 35.5. The lowest BCUT2D eigenvalue weighted by molar-refractivity contribution is 0.174. The van der Waals surface area contributed by atoms with E-state index in [0.717, 1.165) is 30.9 Å². The minimum atomic E-state index is 0.259. The van der Waals surface area contributed by atoms with Gasteiger partial charge in [-0.25, -0.2) is 0 Å². The summed E-state index contributed by atoms with van der Waals surface area (Å²) in [5.74, 6) is 1.44. The highest BCUT2D eigenvalue weighted by Gasteiger charge is 2.16. The Hall–Kier alpha value is -1.81. The molecule has 0 radical (unpaired) electrons. The molecule has 0 amide bonds. The Morgan fingerprint density at radius 3 is 2.90 bits per heavy atom. The Morgan fingerprint density at radius 1 is 1.30 bits per heavy atom. The molecule has 0 saturated carbocycles. The summed E-state index contributed by atoms with van der Waals surface area (Å²) in [5, 5.41) is 3.97. The van der Waals surface area contributed by atoms with Gasteiger partial charge in [-0.15, -0.1) is 0 Å². The molecule has 1 aliphatic rings. The van der Waals surface area contributed by atoms with Crippen molar-refractivity contribution in [2.75, 3.05) is 12.1 Å². The number of benzene rings is 1. The molecule has 1 N–H and O–H groups in total. The third-order valence-electron chi connectivity index (χ3n) is 3.24. The van der Waals surface area contributed by atoms with Crippen LogP contribution in [0.2, 0.25) is 5.02 Å². The summed E-state index contributed by atoms with van der Waals surface area (Å²) in [6.07, 6.45) is 5.38. The first-order valence-electron chi connectivity index (χ1n) is 6.74. The summed E-state index contributed by atoms with van der Waals surface area (Å²) < 4.78 is 12.8. The van der Waals surface area contributed by atoms with E-state index in [4.69, 9.17) is 21.1 Å². The minimum absolute atomic E-state index is 0.259. The van der Waals surface area contributed by atoms with Gasteiger partial charge in [0.25, 0.3) is 0 Å². The second-order valence-corrected chi connectivity index (χ2v) is 5.20. The van der Waals surface area contributed by atoms with E-state index in [-0.39, 0.29) is 6.79 Å². The van der Waals surface area contributed by atoms with Crippen molar-refractivity contribution in [3.63, 3.8) is 0 Å². The van der Waals surface area contributed by atoms with Crippen LogP contribution in [-0.4, -0.2) is 11.4 Å². The summed E-state index contributed by atoms with van der Waals surface area (Å²) in [7, 11) is 0. The zero-order chi connectivity index (χ0) is 13.9. The molecule has 0 spiro atoms. The molecule has 0 bridgehead atoms. The van der Waals surface area contributed by atoms with Gasteiger partial charge >= 0.3 is 0 Å². The molecule has 106 valence electrons. The Kier molecular flexibility index (Phi) is 3.74. The van der Waals surface area contributed by atoms with E-state index in [1.807, 2.05) is 6.07 Å². The fourth-order valence-corrected chi connectivity index (χ4v) is 2.46. The maximum absolute atomic E-state index is 6.23. The number of nitrogens with zero attached hydrogens (tertiary/aromatic N) is 1. The lowest BCUT2D eigenvalue weighted by Crippen LogP contribution is -1.99. The molecule has 0 unspecified atom stereocenters. The molecule has 3 rings (SSSR count). The van der Waals surface area contributed by atoms with E-state index < -0.39 is 0 Å². The van der Waals surface area contributed by atoms with Crippen LogP contribution in [0.25, 0.3) is 0 Å². The van der Waals surface area contributed by atoms with Crippen molar-refractivity contribution in [2.24, 2.45) is 0 Å². The van der Waals surface area contributed by atoms with Crippen LogP contribution in [0.1, 0.15) is 18.9 Å². The summed E-state index contributed by atoms with van der Waals surface area (Å²) in [4.78, 5) is 0. The molecule has 1 aromatic heterocycles. The first kappa shape index (κ1) is 13.2. The number of hydrogen-bond donors (Lipinski definition) is 1. The van der Waals surface area contributed by atoms with Crippen LogP contribution in [0.4, 0.5) is 5.69 Å². The summed E-state index contributed by atoms with van der Waals surface area (Å²) in [6.45, 7) is 4.21. The summed E-state index contributed by atoms with van der Waals surface area (Å²) >= 11 is 6.23. The molecular formula is C15H17ClN2O2. The van der Waals surface area contributed by atoms with Gasteiger partial charge in [-0.1, -0.05) is 18.5 Å². The smallest absolute Gasteiger partial charge is 0.231 e. The average molecular weight is 293 g/mol. The molecular weight excluding hydrogens is 276 g/mol. The number of halogens is 1. The lowest BCUT2D eigenvalue weighted by Gasteiger charge is -2.08. The molecule has 20 heavy (non-hydrogen) atoms. The number of hydrogen-bond acceptors (Lipinski definition) is 3. The average Bonchev–Trinajstić information content (AvgIpc) is 3.05. The Bertz CT molecular complexity index is 610. The van der Waals surface area contributed by atoms with Crippen molar-refractivity contribution in [2.45, 2.75) is 26.4 Å². The third kappa shape index (κ3) is 2.70. The van der Waals surface area contributed by atoms with Gasteiger partial charge in [-0.3, -0.25) is 0 Å². The van der Waals surface area contributed by atoms with E-state index in [1.54, 1.807) is 6.07 Å². The van der Waals surface area contributed by atoms with Crippen molar-refractivity contribution in [3.8, 4) is 11.5 Å². The van der Waals surface area contributed by atoms with Crippen molar-refractivity contribution in [1.82, 2.24) is 4.57 Å². The fourth-order valence-electron chi connectivity index (χ4n) is 2.24. The van der Waals surface area contributed by atoms with Gasteiger partial charge in [-0.2, -0.15) is 0 Å². The van der Waals surface area contributed by atoms with E-state index in [9.17, 15) is 0 Å².